The SMILES string of the molecule is C1CSCCN1.O=C(O)[C@@H]1CCCN1. The number of thioether (sulfide) groups is 1. The largest absolute Gasteiger partial charge is 0.480 e. The van der Waals surface area contributed by atoms with E-state index < -0.39 is 5.97 Å². The van der Waals surface area contributed by atoms with Crippen LogP contribution in [0.2, 0.25) is 0 Å². The van der Waals surface area contributed by atoms with Gasteiger partial charge in [-0.2, -0.15) is 11.8 Å². The van der Waals surface area contributed by atoms with E-state index >= 15 is 0 Å². The van der Waals surface area contributed by atoms with E-state index in [-0.39, 0.29) is 6.04 Å². The minimum Gasteiger partial charge on any atom is -0.480 e. The monoisotopic (exact) mass is 218 g/mol. The highest BCUT2D eigenvalue weighted by Gasteiger charge is 2.20. The summed E-state index contributed by atoms with van der Waals surface area (Å²) in [5.41, 5.74) is 0. The van der Waals surface area contributed by atoms with Crippen molar-refractivity contribution in [2.24, 2.45) is 0 Å². The van der Waals surface area contributed by atoms with Crippen LogP contribution < -0.4 is 10.6 Å². The van der Waals surface area contributed by atoms with Crippen molar-refractivity contribution >= 4 is 17.7 Å². The highest BCUT2D eigenvalue weighted by atomic mass is 32.2. The molecule has 2 fully saturated rings. The van der Waals surface area contributed by atoms with Gasteiger partial charge in [-0.1, -0.05) is 0 Å². The van der Waals surface area contributed by atoms with E-state index in [1.807, 2.05) is 11.8 Å². The molecule has 0 spiro atoms. The molecule has 14 heavy (non-hydrogen) atoms. The van der Waals surface area contributed by atoms with Gasteiger partial charge in [-0.05, 0) is 19.4 Å². The number of hydrogen-bond donors (Lipinski definition) is 3. The third kappa shape index (κ3) is 4.83. The van der Waals surface area contributed by atoms with Gasteiger partial charge in [0.2, 0.25) is 0 Å². The van der Waals surface area contributed by atoms with Gasteiger partial charge in [-0.25, -0.2) is 0 Å². The summed E-state index contributed by atoms with van der Waals surface area (Å²) in [4.78, 5) is 10.1. The van der Waals surface area contributed by atoms with E-state index in [0.29, 0.717) is 0 Å². The molecule has 0 aliphatic carbocycles. The van der Waals surface area contributed by atoms with Gasteiger partial charge in [0.15, 0.2) is 0 Å². The molecule has 0 aromatic rings. The predicted molar refractivity (Wildman–Crippen MR) is 58.9 cm³/mol. The number of hydrogen-bond acceptors (Lipinski definition) is 4. The fourth-order valence-electron chi connectivity index (χ4n) is 1.41. The van der Waals surface area contributed by atoms with E-state index in [9.17, 15) is 4.79 Å². The summed E-state index contributed by atoms with van der Waals surface area (Å²) in [6.07, 6.45) is 1.78. The van der Waals surface area contributed by atoms with Crippen molar-refractivity contribution in [1.29, 1.82) is 0 Å². The fraction of sp³-hybridized carbons (Fsp3) is 0.889. The van der Waals surface area contributed by atoms with E-state index in [4.69, 9.17) is 5.11 Å². The maximum atomic E-state index is 10.1. The van der Waals surface area contributed by atoms with E-state index in [2.05, 4.69) is 10.6 Å². The Morgan fingerprint density at radius 2 is 2.00 bits per heavy atom. The molecule has 82 valence electrons. The van der Waals surface area contributed by atoms with Crippen LogP contribution in [-0.2, 0) is 4.79 Å². The lowest BCUT2D eigenvalue weighted by molar-refractivity contribution is -0.139. The minimum absolute atomic E-state index is 0.269. The zero-order chi connectivity index (χ0) is 10.2. The van der Waals surface area contributed by atoms with Gasteiger partial charge in [-0.3, -0.25) is 4.79 Å². The van der Waals surface area contributed by atoms with Crippen molar-refractivity contribution in [2.45, 2.75) is 18.9 Å². The van der Waals surface area contributed by atoms with Gasteiger partial charge < -0.3 is 15.7 Å². The quantitative estimate of drug-likeness (QED) is 0.584. The summed E-state index contributed by atoms with van der Waals surface area (Å²) in [6, 6.07) is -0.269. The number of aliphatic carboxylic acids is 1. The second-order valence-corrected chi connectivity index (χ2v) is 4.57. The normalized spacial score (nSPS) is 26.4. The zero-order valence-corrected chi connectivity index (χ0v) is 9.11. The Hall–Kier alpha value is -0.260. The van der Waals surface area contributed by atoms with Gasteiger partial charge in [0.05, 0.1) is 0 Å². The van der Waals surface area contributed by atoms with Crippen molar-refractivity contribution in [3.05, 3.63) is 0 Å². The first kappa shape index (κ1) is 11.8. The zero-order valence-electron chi connectivity index (χ0n) is 8.29. The number of carboxylic acids is 1. The smallest absolute Gasteiger partial charge is 0.320 e. The fourth-order valence-corrected chi connectivity index (χ4v) is 2.19. The molecule has 0 aromatic heterocycles. The Balaban J connectivity index is 0.000000146. The standard InChI is InChI=1S/C5H9NO2.C4H9NS/c7-5(8)4-2-1-3-6-4;1-3-6-4-2-5-1/h4,6H,1-3H2,(H,7,8);5H,1-4H2/t4-;/m0./s1. The third-order valence-corrected chi connectivity index (χ3v) is 3.19. The van der Waals surface area contributed by atoms with Crippen molar-refractivity contribution in [2.75, 3.05) is 31.1 Å². The highest BCUT2D eigenvalue weighted by Crippen LogP contribution is 2.03. The van der Waals surface area contributed by atoms with Gasteiger partial charge in [0, 0.05) is 24.6 Å². The van der Waals surface area contributed by atoms with Crippen LogP contribution in [0.3, 0.4) is 0 Å². The molecular formula is C9H18N2O2S. The van der Waals surface area contributed by atoms with Crippen LogP contribution in [0.1, 0.15) is 12.8 Å². The van der Waals surface area contributed by atoms with Crippen LogP contribution in [0.4, 0.5) is 0 Å². The number of nitrogens with one attached hydrogen (secondary N) is 2. The highest BCUT2D eigenvalue weighted by molar-refractivity contribution is 7.99. The second-order valence-electron chi connectivity index (χ2n) is 3.35. The molecule has 2 rings (SSSR count). The van der Waals surface area contributed by atoms with Crippen molar-refractivity contribution in [3.8, 4) is 0 Å². The van der Waals surface area contributed by atoms with Crippen LogP contribution in [-0.4, -0.2) is 48.3 Å². The van der Waals surface area contributed by atoms with Gasteiger partial charge in [0.1, 0.15) is 6.04 Å². The van der Waals surface area contributed by atoms with E-state index in [1.54, 1.807) is 0 Å². The number of carbonyl (C=O) groups is 1. The Morgan fingerprint density at radius 1 is 1.29 bits per heavy atom. The Morgan fingerprint density at radius 3 is 2.21 bits per heavy atom. The summed E-state index contributed by atoms with van der Waals surface area (Å²) in [6.45, 7) is 3.28. The molecule has 3 N–H and O–H groups in total. The molecule has 0 saturated carbocycles. The van der Waals surface area contributed by atoms with Crippen molar-refractivity contribution < 1.29 is 9.90 Å². The number of carboxylic acid groups (broad SMARTS) is 1. The first-order chi connectivity index (χ1) is 6.80. The van der Waals surface area contributed by atoms with Crippen LogP contribution in [0.5, 0.6) is 0 Å². The average Bonchev–Trinajstić information content (AvgIpc) is 2.74. The van der Waals surface area contributed by atoms with Crippen LogP contribution in [0.15, 0.2) is 0 Å². The van der Waals surface area contributed by atoms with Crippen LogP contribution in [0, 0.1) is 0 Å². The maximum absolute atomic E-state index is 10.1. The molecule has 1 atom stereocenters. The van der Waals surface area contributed by atoms with Gasteiger partial charge in [-0.15, -0.1) is 0 Å². The molecule has 2 heterocycles. The summed E-state index contributed by atoms with van der Waals surface area (Å²) < 4.78 is 0. The molecule has 2 saturated heterocycles. The molecule has 0 unspecified atom stereocenters. The first-order valence-corrected chi connectivity index (χ1v) is 6.21. The average molecular weight is 218 g/mol. The van der Waals surface area contributed by atoms with Crippen molar-refractivity contribution in [3.63, 3.8) is 0 Å². The lowest BCUT2D eigenvalue weighted by atomic mass is 10.2. The molecule has 0 radical (unpaired) electrons. The molecule has 5 heteroatoms. The molecule has 2 aliphatic rings. The molecular weight excluding hydrogens is 200 g/mol. The molecule has 4 nitrogen and oxygen atoms in total. The topological polar surface area (TPSA) is 61.4 Å². The van der Waals surface area contributed by atoms with Crippen LogP contribution >= 0.6 is 11.8 Å². The van der Waals surface area contributed by atoms with Crippen molar-refractivity contribution in [1.82, 2.24) is 10.6 Å². The van der Waals surface area contributed by atoms with E-state index in [1.165, 1.54) is 24.6 Å². The molecule has 0 bridgehead atoms. The second kappa shape index (κ2) is 7.09. The van der Waals surface area contributed by atoms with Gasteiger partial charge in [0.25, 0.3) is 0 Å². The van der Waals surface area contributed by atoms with Crippen LogP contribution in [0.25, 0.3) is 0 Å². The first-order valence-electron chi connectivity index (χ1n) is 5.05. The predicted octanol–water partition coefficient (Wildman–Crippen LogP) is 0.146. The molecule has 0 aromatic carbocycles. The summed E-state index contributed by atoms with van der Waals surface area (Å²) in [5.74, 6) is 1.89. The Labute approximate surface area is 88.8 Å². The Kier molecular flexibility index (Phi) is 5.98. The maximum Gasteiger partial charge on any atom is 0.320 e. The summed E-state index contributed by atoms with van der Waals surface area (Å²) in [5, 5.41) is 14.5. The lowest BCUT2D eigenvalue weighted by Crippen LogP contribution is -2.29. The molecule has 2 aliphatic heterocycles. The lowest BCUT2D eigenvalue weighted by Gasteiger charge is -2.08. The van der Waals surface area contributed by atoms with E-state index in [0.717, 1.165) is 19.4 Å². The summed E-state index contributed by atoms with van der Waals surface area (Å²) >= 11 is 2.03. The minimum atomic E-state index is -0.720. The number of rotatable bonds is 1. The third-order valence-electron chi connectivity index (χ3n) is 2.20. The van der Waals surface area contributed by atoms with Gasteiger partial charge >= 0.3 is 5.97 Å². The summed E-state index contributed by atoms with van der Waals surface area (Å²) in [7, 11) is 0. The Bertz CT molecular complexity index is 157. The molecule has 0 amide bonds.